The Kier molecular flexibility index (Phi) is 11.7. The standard InChI is InChI=1S/C4H6O2.C3H3N/c1-2-3-4(5)6;1-2-3-4/h2-3H,1H3,(H,5,6);2H,1H2. The summed E-state index contributed by atoms with van der Waals surface area (Å²) in [5.41, 5.74) is 0. The summed E-state index contributed by atoms with van der Waals surface area (Å²) in [4.78, 5) is 9.51. The van der Waals surface area contributed by atoms with Gasteiger partial charge in [0.15, 0.2) is 0 Å². The Morgan fingerprint density at radius 2 is 2.20 bits per heavy atom. The number of nitriles is 1. The van der Waals surface area contributed by atoms with Crippen molar-refractivity contribution >= 4 is 5.97 Å². The van der Waals surface area contributed by atoms with E-state index in [1.54, 1.807) is 13.0 Å². The molecule has 0 saturated carbocycles. The molecule has 3 nitrogen and oxygen atoms in total. The Hall–Kier alpha value is -1.56. The fourth-order valence-electron chi connectivity index (χ4n) is 0.143. The van der Waals surface area contributed by atoms with Crippen LogP contribution in [0.15, 0.2) is 24.8 Å². The molecular weight excluding hydrogens is 130 g/mol. The van der Waals surface area contributed by atoms with Gasteiger partial charge in [-0.1, -0.05) is 12.7 Å². The van der Waals surface area contributed by atoms with Crippen molar-refractivity contribution in [2.75, 3.05) is 0 Å². The molecule has 0 aliphatic rings. The average Bonchev–Trinajstić information content (AvgIpc) is 1.89. The van der Waals surface area contributed by atoms with Crippen LogP contribution in [0.5, 0.6) is 0 Å². The Morgan fingerprint density at radius 3 is 2.20 bits per heavy atom. The largest absolute Gasteiger partial charge is 0.478 e. The predicted molar refractivity (Wildman–Crippen MR) is 38.3 cm³/mol. The molecule has 1 N–H and O–H groups in total. The van der Waals surface area contributed by atoms with Crippen molar-refractivity contribution in [3.8, 4) is 6.07 Å². The maximum Gasteiger partial charge on any atom is 0.327 e. The molecule has 0 aliphatic carbocycles. The fourth-order valence-corrected chi connectivity index (χ4v) is 0.143. The molecule has 0 aliphatic heterocycles. The van der Waals surface area contributed by atoms with Gasteiger partial charge in [-0.2, -0.15) is 5.26 Å². The minimum atomic E-state index is -0.891. The van der Waals surface area contributed by atoms with Crippen molar-refractivity contribution < 1.29 is 9.90 Å². The number of hydrogen-bond acceptors (Lipinski definition) is 2. The molecule has 3 heteroatoms. The second-order valence-corrected chi connectivity index (χ2v) is 1.17. The summed E-state index contributed by atoms with van der Waals surface area (Å²) < 4.78 is 0. The van der Waals surface area contributed by atoms with E-state index in [1.807, 2.05) is 0 Å². The molecule has 10 heavy (non-hydrogen) atoms. The zero-order chi connectivity index (χ0) is 8.41. The highest BCUT2D eigenvalue weighted by Gasteiger charge is 1.76. The van der Waals surface area contributed by atoms with Crippen molar-refractivity contribution in [3.63, 3.8) is 0 Å². The molecule has 0 unspecified atom stereocenters. The Morgan fingerprint density at radius 1 is 1.80 bits per heavy atom. The van der Waals surface area contributed by atoms with Crippen LogP contribution in [0.25, 0.3) is 0 Å². The lowest BCUT2D eigenvalue weighted by molar-refractivity contribution is -0.131. The van der Waals surface area contributed by atoms with E-state index < -0.39 is 5.97 Å². The number of carbonyl (C=O) groups is 1. The minimum Gasteiger partial charge on any atom is -0.478 e. The van der Waals surface area contributed by atoms with Gasteiger partial charge < -0.3 is 5.11 Å². The van der Waals surface area contributed by atoms with Crippen LogP contribution in [0.4, 0.5) is 0 Å². The molecule has 0 spiro atoms. The topological polar surface area (TPSA) is 61.1 Å². The van der Waals surface area contributed by atoms with Crippen LogP contribution in [0.3, 0.4) is 0 Å². The first-order valence-corrected chi connectivity index (χ1v) is 2.55. The van der Waals surface area contributed by atoms with Crippen molar-refractivity contribution in [1.82, 2.24) is 0 Å². The van der Waals surface area contributed by atoms with Crippen LogP contribution in [0.1, 0.15) is 6.92 Å². The molecule has 0 aromatic rings. The second kappa shape index (κ2) is 10.4. The van der Waals surface area contributed by atoms with Crippen molar-refractivity contribution in [1.29, 1.82) is 5.26 Å². The molecule has 0 atom stereocenters. The van der Waals surface area contributed by atoms with Gasteiger partial charge in [0.25, 0.3) is 0 Å². The molecule has 54 valence electrons. The van der Waals surface area contributed by atoms with Gasteiger partial charge >= 0.3 is 5.97 Å². The average molecular weight is 139 g/mol. The van der Waals surface area contributed by atoms with Crippen LogP contribution in [-0.4, -0.2) is 11.1 Å². The van der Waals surface area contributed by atoms with Gasteiger partial charge in [0.05, 0.1) is 6.07 Å². The van der Waals surface area contributed by atoms with Gasteiger partial charge in [-0.25, -0.2) is 4.79 Å². The second-order valence-electron chi connectivity index (χ2n) is 1.17. The first kappa shape index (κ1) is 11.3. The number of allylic oxidation sites excluding steroid dienone is 2. The summed E-state index contributed by atoms with van der Waals surface area (Å²) in [5.74, 6) is -0.891. The predicted octanol–water partition coefficient (Wildman–Crippen LogP) is 1.34. The number of carboxylic acid groups (broad SMARTS) is 1. The Balaban J connectivity index is 0. The molecule has 0 radical (unpaired) electrons. The molecule has 0 saturated heterocycles. The van der Waals surface area contributed by atoms with Crippen LogP contribution < -0.4 is 0 Å². The lowest BCUT2D eigenvalue weighted by Gasteiger charge is -1.68. The number of nitrogens with zero attached hydrogens (tertiary/aromatic N) is 1. The van der Waals surface area contributed by atoms with E-state index >= 15 is 0 Å². The van der Waals surface area contributed by atoms with Gasteiger partial charge in [-0.05, 0) is 6.92 Å². The van der Waals surface area contributed by atoms with E-state index in [9.17, 15) is 4.79 Å². The highest BCUT2D eigenvalue weighted by atomic mass is 16.4. The van der Waals surface area contributed by atoms with Gasteiger partial charge in [-0.3, -0.25) is 0 Å². The molecule has 0 amide bonds. The molecule has 0 heterocycles. The molecule has 0 fully saturated rings. The van der Waals surface area contributed by atoms with Crippen molar-refractivity contribution in [2.24, 2.45) is 0 Å². The SMILES string of the molecule is C=CC#N.CC=CC(=O)O. The molecule has 0 aromatic carbocycles. The number of rotatable bonds is 1. The van der Waals surface area contributed by atoms with Crippen molar-refractivity contribution in [3.05, 3.63) is 24.8 Å². The highest BCUT2D eigenvalue weighted by Crippen LogP contribution is 1.65. The quantitative estimate of drug-likeness (QED) is 0.440. The molecular formula is C7H9NO2. The van der Waals surface area contributed by atoms with Crippen molar-refractivity contribution in [2.45, 2.75) is 6.92 Å². The van der Waals surface area contributed by atoms with E-state index in [0.29, 0.717) is 0 Å². The third kappa shape index (κ3) is 32.0. The number of aliphatic carboxylic acids is 1. The van der Waals surface area contributed by atoms with E-state index in [0.717, 1.165) is 6.08 Å². The summed E-state index contributed by atoms with van der Waals surface area (Å²) in [6, 6.07) is 1.69. The summed E-state index contributed by atoms with van der Waals surface area (Å²) in [5, 5.41) is 15.3. The maximum absolute atomic E-state index is 9.51. The zero-order valence-electron chi connectivity index (χ0n) is 5.74. The van der Waals surface area contributed by atoms with E-state index in [-0.39, 0.29) is 0 Å². The Labute approximate surface area is 59.9 Å². The lowest BCUT2D eigenvalue weighted by Crippen LogP contribution is -1.83. The van der Waals surface area contributed by atoms with Gasteiger partial charge in [0.1, 0.15) is 0 Å². The maximum atomic E-state index is 9.51. The summed E-state index contributed by atoms with van der Waals surface area (Å²) in [6.45, 7) is 4.78. The molecule has 0 aromatic heterocycles. The summed E-state index contributed by atoms with van der Waals surface area (Å²) in [6.07, 6.45) is 3.74. The van der Waals surface area contributed by atoms with Gasteiger partial charge in [-0.15, -0.1) is 0 Å². The minimum absolute atomic E-state index is 0.891. The Bertz CT molecular complexity index is 165. The van der Waals surface area contributed by atoms with Crippen LogP contribution in [-0.2, 0) is 4.79 Å². The lowest BCUT2D eigenvalue weighted by atomic mass is 10.5. The smallest absolute Gasteiger partial charge is 0.327 e. The molecule has 0 rings (SSSR count). The summed E-state index contributed by atoms with van der Waals surface area (Å²) >= 11 is 0. The van der Waals surface area contributed by atoms with Crippen LogP contribution in [0.2, 0.25) is 0 Å². The van der Waals surface area contributed by atoms with Crippen LogP contribution in [0, 0.1) is 11.3 Å². The van der Waals surface area contributed by atoms with E-state index in [1.165, 1.54) is 12.2 Å². The highest BCUT2D eigenvalue weighted by molar-refractivity contribution is 5.79. The summed E-state index contributed by atoms with van der Waals surface area (Å²) in [7, 11) is 0. The van der Waals surface area contributed by atoms with E-state index in [2.05, 4.69) is 6.58 Å². The third-order valence-electron chi connectivity index (χ3n) is 0.401. The molecule has 0 bridgehead atoms. The van der Waals surface area contributed by atoms with E-state index in [4.69, 9.17) is 10.4 Å². The number of carboxylic acids is 1. The first-order chi connectivity index (χ1) is 4.68. The monoisotopic (exact) mass is 139 g/mol. The number of hydrogen-bond donors (Lipinski definition) is 1. The van der Waals surface area contributed by atoms with Crippen LogP contribution >= 0.6 is 0 Å². The first-order valence-electron chi connectivity index (χ1n) is 2.55. The zero-order valence-corrected chi connectivity index (χ0v) is 5.74. The fraction of sp³-hybridized carbons (Fsp3) is 0.143. The van der Waals surface area contributed by atoms with Gasteiger partial charge in [0.2, 0.25) is 0 Å². The normalized spacial score (nSPS) is 7.20. The van der Waals surface area contributed by atoms with Gasteiger partial charge in [0, 0.05) is 12.2 Å². The third-order valence-corrected chi connectivity index (χ3v) is 0.401.